The Bertz CT molecular complexity index is 1240. The lowest BCUT2D eigenvalue weighted by Crippen LogP contribution is -2.11. The van der Waals surface area contributed by atoms with E-state index in [1.165, 1.54) is 0 Å². The third-order valence-electron chi connectivity index (χ3n) is 5.14. The molecule has 0 aromatic heterocycles. The van der Waals surface area contributed by atoms with Crippen LogP contribution < -0.4 is 4.90 Å². The van der Waals surface area contributed by atoms with Crippen LogP contribution in [-0.2, 0) is 0 Å². The molecular formula is C26H19NO2. The van der Waals surface area contributed by atoms with E-state index in [2.05, 4.69) is 35.2 Å². The molecule has 0 spiro atoms. The summed E-state index contributed by atoms with van der Waals surface area (Å²) in [6.07, 6.45) is 0. The molecule has 0 aliphatic heterocycles. The van der Waals surface area contributed by atoms with Crippen molar-refractivity contribution in [1.82, 2.24) is 0 Å². The SMILES string of the molecule is Oc1cccc(N(c2cccc(O)c2)c2c3ccccc3cc3ccccc23)c1. The minimum atomic E-state index is 0.192. The first-order valence-corrected chi connectivity index (χ1v) is 9.49. The molecule has 0 atom stereocenters. The van der Waals surface area contributed by atoms with Crippen LogP contribution in [0, 0.1) is 0 Å². The third kappa shape index (κ3) is 3.03. The standard InChI is InChI=1S/C26H19NO2/c28-22-11-5-9-20(16-22)27(21-10-6-12-23(29)17-21)26-24-13-3-1-7-18(24)15-19-8-2-4-14-25(19)26/h1-17,28-29H. The van der Waals surface area contributed by atoms with Crippen molar-refractivity contribution in [3.05, 3.63) is 103 Å². The molecule has 29 heavy (non-hydrogen) atoms. The maximum atomic E-state index is 10.2. The summed E-state index contributed by atoms with van der Waals surface area (Å²) >= 11 is 0. The Hall–Kier alpha value is -3.98. The highest BCUT2D eigenvalue weighted by molar-refractivity contribution is 6.14. The van der Waals surface area contributed by atoms with E-state index in [9.17, 15) is 10.2 Å². The summed E-state index contributed by atoms with van der Waals surface area (Å²) in [4.78, 5) is 2.09. The highest BCUT2D eigenvalue weighted by Gasteiger charge is 2.19. The van der Waals surface area contributed by atoms with Gasteiger partial charge < -0.3 is 15.1 Å². The van der Waals surface area contributed by atoms with Crippen LogP contribution in [0.3, 0.4) is 0 Å². The first-order valence-electron chi connectivity index (χ1n) is 9.49. The van der Waals surface area contributed by atoms with Gasteiger partial charge in [0.1, 0.15) is 11.5 Å². The van der Waals surface area contributed by atoms with Crippen LogP contribution in [0.2, 0.25) is 0 Å². The second kappa shape index (κ2) is 6.88. The van der Waals surface area contributed by atoms with Gasteiger partial charge in [-0.3, -0.25) is 0 Å². The lowest BCUT2D eigenvalue weighted by Gasteiger charge is -2.28. The summed E-state index contributed by atoms with van der Waals surface area (Å²) in [5.74, 6) is 0.384. The van der Waals surface area contributed by atoms with Crippen molar-refractivity contribution in [2.24, 2.45) is 0 Å². The van der Waals surface area contributed by atoms with Gasteiger partial charge in [-0.15, -0.1) is 0 Å². The van der Waals surface area contributed by atoms with Crippen LogP contribution >= 0.6 is 0 Å². The largest absolute Gasteiger partial charge is 0.508 e. The summed E-state index contributed by atoms with van der Waals surface area (Å²) < 4.78 is 0. The molecule has 0 unspecified atom stereocenters. The van der Waals surface area contributed by atoms with Gasteiger partial charge in [0.2, 0.25) is 0 Å². The van der Waals surface area contributed by atoms with Crippen LogP contribution in [0.25, 0.3) is 21.5 Å². The fourth-order valence-electron chi connectivity index (χ4n) is 3.90. The van der Waals surface area contributed by atoms with Crippen LogP contribution in [0.15, 0.2) is 103 Å². The molecule has 3 heteroatoms. The number of phenols is 2. The van der Waals surface area contributed by atoms with E-state index >= 15 is 0 Å². The average molecular weight is 377 g/mol. The molecule has 0 saturated heterocycles. The molecule has 0 saturated carbocycles. The zero-order chi connectivity index (χ0) is 19.8. The van der Waals surface area contributed by atoms with Crippen LogP contribution in [0.5, 0.6) is 11.5 Å². The highest BCUT2D eigenvalue weighted by atomic mass is 16.3. The number of hydrogen-bond donors (Lipinski definition) is 2. The summed E-state index contributed by atoms with van der Waals surface area (Å²) in [5.41, 5.74) is 2.64. The summed E-state index contributed by atoms with van der Waals surface area (Å²) in [7, 11) is 0. The van der Waals surface area contributed by atoms with E-state index in [1.54, 1.807) is 24.3 Å². The fraction of sp³-hybridized carbons (Fsp3) is 0. The number of phenolic OH excluding ortho intramolecular Hbond substituents is 2. The van der Waals surface area contributed by atoms with E-state index in [4.69, 9.17) is 0 Å². The quantitative estimate of drug-likeness (QED) is 0.337. The minimum absolute atomic E-state index is 0.192. The maximum absolute atomic E-state index is 10.2. The molecule has 0 bridgehead atoms. The van der Waals surface area contributed by atoms with Gasteiger partial charge >= 0.3 is 0 Å². The van der Waals surface area contributed by atoms with Crippen molar-refractivity contribution in [3.63, 3.8) is 0 Å². The van der Waals surface area contributed by atoms with Crippen LogP contribution in [0.4, 0.5) is 17.1 Å². The second-order valence-corrected chi connectivity index (χ2v) is 7.04. The van der Waals surface area contributed by atoms with E-state index in [-0.39, 0.29) is 11.5 Å². The zero-order valence-electron chi connectivity index (χ0n) is 15.7. The first-order chi connectivity index (χ1) is 14.2. The van der Waals surface area contributed by atoms with Gasteiger partial charge in [0.15, 0.2) is 0 Å². The number of hydrogen-bond acceptors (Lipinski definition) is 3. The topological polar surface area (TPSA) is 43.7 Å². The molecule has 5 rings (SSSR count). The molecule has 0 fully saturated rings. The first kappa shape index (κ1) is 17.1. The smallest absolute Gasteiger partial charge is 0.117 e. The van der Waals surface area contributed by atoms with E-state index in [0.29, 0.717) is 0 Å². The van der Waals surface area contributed by atoms with Crippen molar-refractivity contribution in [2.45, 2.75) is 0 Å². The van der Waals surface area contributed by atoms with Gasteiger partial charge in [0, 0.05) is 34.3 Å². The Morgan fingerprint density at radius 3 is 1.45 bits per heavy atom. The van der Waals surface area contributed by atoms with Gasteiger partial charge in [-0.2, -0.15) is 0 Å². The summed E-state index contributed by atoms with van der Waals surface area (Å²) in [6, 6.07) is 33.1. The fourth-order valence-corrected chi connectivity index (χ4v) is 3.90. The predicted octanol–water partition coefficient (Wildman–Crippen LogP) is 6.87. The van der Waals surface area contributed by atoms with Crippen molar-refractivity contribution in [2.75, 3.05) is 4.90 Å². The average Bonchev–Trinajstić information content (AvgIpc) is 2.74. The Kier molecular flexibility index (Phi) is 4.07. The van der Waals surface area contributed by atoms with Crippen molar-refractivity contribution in [3.8, 4) is 11.5 Å². The molecule has 0 aliphatic carbocycles. The van der Waals surface area contributed by atoms with Gasteiger partial charge in [-0.25, -0.2) is 0 Å². The van der Waals surface area contributed by atoms with Gasteiger partial charge in [0.05, 0.1) is 5.69 Å². The van der Waals surface area contributed by atoms with E-state index < -0.39 is 0 Å². The van der Waals surface area contributed by atoms with E-state index in [1.807, 2.05) is 48.5 Å². The normalized spacial score (nSPS) is 11.0. The third-order valence-corrected chi connectivity index (χ3v) is 5.14. The highest BCUT2D eigenvalue weighted by Crippen LogP contribution is 2.44. The number of anilines is 3. The van der Waals surface area contributed by atoms with Crippen molar-refractivity contribution in [1.29, 1.82) is 0 Å². The molecule has 0 amide bonds. The molecule has 5 aromatic rings. The lowest BCUT2D eigenvalue weighted by molar-refractivity contribution is 0.475. The number of fused-ring (bicyclic) bond motifs is 2. The van der Waals surface area contributed by atoms with Crippen molar-refractivity contribution >= 4 is 38.6 Å². The van der Waals surface area contributed by atoms with Crippen LogP contribution in [0.1, 0.15) is 0 Å². The number of nitrogens with zero attached hydrogens (tertiary/aromatic N) is 1. The summed E-state index contributed by atoms with van der Waals surface area (Å²) in [5, 5.41) is 24.8. The molecule has 0 radical (unpaired) electrons. The summed E-state index contributed by atoms with van der Waals surface area (Å²) in [6.45, 7) is 0. The molecule has 140 valence electrons. The Morgan fingerprint density at radius 2 is 0.966 bits per heavy atom. The Balaban J connectivity index is 1.93. The molecule has 0 heterocycles. The Morgan fingerprint density at radius 1 is 0.483 bits per heavy atom. The van der Waals surface area contributed by atoms with Crippen LogP contribution in [-0.4, -0.2) is 10.2 Å². The molecule has 0 aliphatic rings. The van der Waals surface area contributed by atoms with Gasteiger partial charge in [0.25, 0.3) is 0 Å². The minimum Gasteiger partial charge on any atom is -0.508 e. The van der Waals surface area contributed by atoms with Gasteiger partial charge in [-0.1, -0.05) is 60.7 Å². The van der Waals surface area contributed by atoms with E-state index in [0.717, 1.165) is 38.6 Å². The molecule has 2 N–H and O–H groups in total. The predicted molar refractivity (Wildman–Crippen MR) is 119 cm³/mol. The number of aromatic hydroxyl groups is 2. The van der Waals surface area contributed by atoms with Gasteiger partial charge in [-0.05, 0) is 41.1 Å². The molecule has 3 nitrogen and oxygen atoms in total. The monoisotopic (exact) mass is 377 g/mol. The van der Waals surface area contributed by atoms with Crippen molar-refractivity contribution < 1.29 is 10.2 Å². The number of benzene rings is 5. The number of rotatable bonds is 3. The lowest BCUT2D eigenvalue weighted by atomic mass is 9.99. The maximum Gasteiger partial charge on any atom is 0.117 e. The molecule has 5 aromatic carbocycles. The Labute approximate surface area is 168 Å². The zero-order valence-corrected chi connectivity index (χ0v) is 15.7. The molecular weight excluding hydrogens is 358 g/mol. The second-order valence-electron chi connectivity index (χ2n) is 7.04.